The minimum absolute atomic E-state index is 0. The molecular weight excluding hydrogens is 312 g/mol. The summed E-state index contributed by atoms with van der Waals surface area (Å²) >= 11 is 3.10. The molecule has 0 saturated heterocycles. The van der Waals surface area contributed by atoms with E-state index in [0.29, 0.717) is 16.6 Å². The van der Waals surface area contributed by atoms with Crippen molar-refractivity contribution >= 4 is 34.3 Å². The number of esters is 1. The number of nitrogens with two attached hydrogens (primary N) is 1. The van der Waals surface area contributed by atoms with Crippen LogP contribution in [0.4, 0.5) is 4.39 Å². The van der Waals surface area contributed by atoms with Crippen LogP contribution in [0.25, 0.3) is 0 Å². The van der Waals surface area contributed by atoms with Crippen LogP contribution in [0.1, 0.15) is 24.9 Å². The number of hydrogen-bond donors (Lipinski definition) is 1. The van der Waals surface area contributed by atoms with Gasteiger partial charge >= 0.3 is 5.97 Å². The predicted octanol–water partition coefficient (Wildman–Crippen LogP) is 2.96. The molecule has 0 radical (unpaired) electrons. The van der Waals surface area contributed by atoms with E-state index in [1.165, 1.54) is 6.07 Å². The number of halogens is 3. The van der Waals surface area contributed by atoms with Gasteiger partial charge in [-0.25, -0.2) is 4.39 Å². The molecule has 0 heterocycles. The molecule has 0 amide bonds. The van der Waals surface area contributed by atoms with Gasteiger partial charge in [0.25, 0.3) is 0 Å². The minimum Gasteiger partial charge on any atom is -0.466 e. The summed E-state index contributed by atoms with van der Waals surface area (Å²) in [5.41, 5.74) is 6.36. The Kier molecular flexibility index (Phi) is 7.34. The Balaban J connectivity index is 0.00000256. The molecule has 0 saturated carbocycles. The lowest BCUT2D eigenvalue weighted by Crippen LogP contribution is -2.17. The van der Waals surface area contributed by atoms with Crippen molar-refractivity contribution in [2.75, 3.05) is 6.61 Å². The molecule has 2 N–H and O–H groups in total. The molecule has 3 nitrogen and oxygen atoms in total. The van der Waals surface area contributed by atoms with Crippen molar-refractivity contribution in [1.82, 2.24) is 0 Å². The van der Waals surface area contributed by atoms with Crippen molar-refractivity contribution in [3.63, 3.8) is 0 Å². The molecule has 0 aromatic heterocycles. The molecule has 96 valence electrons. The third-order valence-corrected chi connectivity index (χ3v) is 2.91. The summed E-state index contributed by atoms with van der Waals surface area (Å²) in [6.07, 6.45) is 0.0376. The molecule has 1 rings (SSSR count). The van der Waals surface area contributed by atoms with E-state index in [0.717, 1.165) is 0 Å². The summed E-state index contributed by atoms with van der Waals surface area (Å²) < 4.78 is 18.3. The fraction of sp³-hybridized carbons (Fsp3) is 0.364. The van der Waals surface area contributed by atoms with Crippen LogP contribution < -0.4 is 5.73 Å². The summed E-state index contributed by atoms with van der Waals surface area (Å²) in [6, 6.07) is 3.99. The second-order valence-electron chi connectivity index (χ2n) is 3.26. The quantitative estimate of drug-likeness (QED) is 0.866. The van der Waals surface area contributed by atoms with Gasteiger partial charge in [0.05, 0.1) is 17.5 Å². The van der Waals surface area contributed by atoms with Crippen LogP contribution in [0, 0.1) is 5.82 Å². The van der Waals surface area contributed by atoms with Crippen LogP contribution in [0.15, 0.2) is 22.7 Å². The van der Waals surface area contributed by atoms with E-state index in [1.54, 1.807) is 19.1 Å². The Morgan fingerprint density at radius 2 is 2.24 bits per heavy atom. The second-order valence-corrected chi connectivity index (χ2v) is 4.05. The van der Waals surface area contributed by atoms with Crippen molar-refractivity contribution < 1.29 is 13.9 Å². The van der Waals surface area contributed by atoms with Crippen molar-refractivity contribution in [3.05, 3.63) is 34.1 Å². The van der Waals surface area contributed by atoms with E-state index in [4.69, 9.17) is 10.5 Å². The van der Waals surface area contributed by atoms with Crippen LogP contribution in [0.3, 0.4) is 0 Å². The predicted molar refractivity (Wildman–Crippen MR) is 69.5 cm³/mol. The van der Waals surface area contributed by atoms with Crippen molar-refractivity contribution in [3.8, 4) is 0 Å². The molecule has 0 bridgehead atoms. The van der Waals surface area contributed by atoms with E-state index in [-0.39, 0.29) is 24.8 Å². The molecule has 17 heavy (non-hydrogen) atoms. The first kappa shape index (κ1) is 16.4. The lowest BCUT2D eigenvalue weighted by atomic mass is 10.0. The zero-order valence-electron chi connectivity index (χ0n) is 9.28. The Hall–Kier alpha value is -0.650. The second kappa shape index (κ2) is 7.63. The standard InChI is InChI=1S/C11H13BrFNO2.ClH/c1-2-16-10(15)6-9(14)7-4-3-5-8(13)11(7)12;/h3-5,9H,2,6,14H2,1H3;1H/t9-;/m1./s1. The summed E-state index contributed by atoms with van der Waals surface area (Å²) in [7, 11) is 0. The maximum Gasteiger partial charge on any atom is 0.307 e. The molecule has 1 atom stereocenters. The molecule has 0 aliphatic rings. The normalized spacial score (nSPS) is 11.5. The van der Waals surface area contributed by atoms with Gasteiger partial charge in [0.15, 0.2) is 0 Å². The fourth-order valence-electron chi connectivity index (χ4n) is 1.32. The lowest BCUT2D eigenvalue weighted by molar-refractivity contribution is -0.143. The summed E-state index contributed by atoms with van der Waals surface area (Å²) in [5, 5.41) is 0. The molecule has 0 unspecified atom stereocenters. The highest BCUT2D eigenvalue weighted by Gasteiger charge is 2.16. The SMILES string of the molecule is CCOC(=O)C[C@@H](N)c1cccc(F)c1Br.Cl. The van der Waals surface area contributed by atoms with E-state index in [2.05, 4.69) is 15.9 Å². The molecule has 0 aliphatic carbocycles. The number of carbonyl (C=O) groups excluding carboxylic acids is 1. The third kappa shape index (κ3) is 4.61. The van der Waals surface area contributed by atoms with Crippen LogP contribution in [-0.4, -0.2) is 12.6 Å². The van der Waals surface area contributed by atoms with Gasteiger partial charge in [-0.2, -0.15) is 0 Å². The van der Waals surface area contributed by atoms with Gasteiger partial charge in [-0.05, 0) is 34.5 Å². The molecular formula is C11H14BrClFNO2. The van der Waals surface area contributed by atoms with Crippen LogP contribution in [-0.2, 0) is 9.53 Å². The summed E-state index contributed by atoms with van der Waals surface area (Å²) in [4.78, 5) is 11.2. The maximum absolute atomic E-state index is 13.2. The molecule has 0 aliphatic heterocycles. The number of hydrogen-bond acceptors (Lipinski definition) is 3. The summed E-state index contributed by atoms with van der Waals surface area (Å²) in [6.45, 7) is 2.04. The lowest BCUT2D eigenvalue weighted by Gasteiger charge is -2.13. The monoisotopic (exact) mass is 325 g/mol. The molecule has 6 heteroatoms. The average molecular weight is 327 g/mol. The van der Waals surface area contributed by atoms with Crippen molar-refractivity contribution in [2.24, 2.45) is 5.73 Å². The Labute approximate surface area is 114 Å². The zero-order chi connectivity index (χ0) is 12.1. The topological polar surface area (TPSA) is 52.3 Å². The first-order chi connectivity index (χ1) is 7.56. The van der Waals surface area contributed by atoms with E-state index in [1.807, 2.05) is 0 Å². The van der Waals surface area contributed by atoms with Gasteiger partial charge in [-0.15, -0.1) is 12.4 Å². The van der Waals surface area contributed by atoms with Gasteiger partial charge in [0.1, 0.15) is 5.82 Å². The Bertz CT molecular complexity index is 390. The highest BCUT2D eigenvalue weighted by molar-refractivity contribution is 9.10. The third-order valence-electron chi connectivity index (χ3n) is 2.07. The molecule has 0 fully saturated rings. The largest absolute Gasteiger partial charge is 0.466 e. The molecule has 1 aromatic rings. The van der Waals surface area contributed by atoms with Gasteiger partial charge in [-0.3, -0.25) is 4.79 Å². The average Bonchev–Trinajstić information content (AvgIpc) is 2.22. The Morgan fingerprint density at radius 1 is 1.59 bits per heavy atom. The fourth-order valence-corrected chi connectivity index (χ4v) is 1.87. The van der Waals surface area contributed by atoms with Crippen LogP contribution in [0.5, 0.6) is 0 Å². The van der Waals surface area contributed by atoms with E-state index in [9.17, 15) is 9.18 Å². The van der Waals surface area contributed by atoms with Gasteiger partial charge in [0, 0.05) is 6.04 Å². The van der Waals surface area contributed by atoms with Gasteiger partial charge in [-0.1, -0.05) is 12.1 Å². The first-order valence-electron chi connectivity index (χ1n) is 4.91. The van der Waals surface area contributed by atoms with Crippen molar-refractivity contribution in [1.29, 1.82) is 0 Å². The Morgan fingerprint density at radius 3 is 2.82 bits per heavy atom. The van der Waals surface area contributed by atoms with Crippen molar-refractivity contribution in [2.45, 2.75) is 19.4 Å². The van der Waals surface area contributed by atoms with Crippen LogP contribution >= 0.6 is 28.3 Å². The highest BCUT2D eigenvalue weighted by atomic mass is 79.9. The van der Waals surface area contributed by atoms with Gasteiger partial charge < -0.3 is 10.5 Å². The summed E-state index contributed by atoms with van der Waals surface area (Å²) in [5.74, 6) is -0.775. The van der Waals surface area contributed by atoms with Crippen LogP contribution in [0.2, 0.25) is 0 Å². The highest BCUT2D eigenvalue weighted by Crippen LogP contribution is 2.26. The van der Waals surface area contributed by atoms with E-state index >= 15 is 0 Å². The van der Waals surface area contributed by atoms with E-state index < -0.39 is 11.9 Å². The van der Waals surface area contributed by atoms with Gasteiger partial charge in [0.2, 0.25) is 0 Å². The number of benzene rings is 1. The smallest absolute Gasteiger partial charge is 0.307 e. The number of ether oxygens (including phenoxy) is 1. The minimum atomic E-state index is -0.566. The zero-order valence-corrected chi connectivity index (χ0v) is 11.7. The maximum atomic E-state index is 13.2. The first-order valence-corrected chi connectivity index (χ1v) is 5.70. The molecule has 0 spiro atoms. The number of rotatable bonds is 4. The number of carbonyl (C=O) groups is 1. The molecule has 1 aromatic carbocycles.